The molecule has 10 nitrogen and oxygen atoms in total. The van der Waals surface area contributed by atoms with Gasteiger partial charge in [-0.3, -0.25) is 9.59 Å². The number of hydrogen-bond donors (Lipinski definition) is 3. The Labute approximate surface area is 184 Å². The van der Waals surface area contributed by atoms with E-state index in [1.807, 2.05) is 0 Å². The molecule has 1 aliphatic carbocycles. The van der Waals surface area contributed by atoms with E-state index < -0.39 is 32.6 Å². The maximum Gasteiger partial charge on any atom is 0.415 e. The van der Waals surface area contributed by atoms with Crippen LogP contribution in [0.3, 0.4) is 0 Å². The van der Waals surface area contributed by atoms with Gasteiger partial charge in [0.1, 0.15) is 0 Å². The second-order valence-corrected chi connectivity index (χ2v) is 8.73. The van der Waals surface area contributed by atoms with E-state index in [9.17, 15) is 22.8 Å². The van der Waals surface area contributed by atoms with Crippen LogP contribution in [0.5, 0.6) is 5.75 Å². The number of benzene rings is 2. The Balaban J connectivity index is 1.61. The Kier molecular flexibility index (Phi) is 5.78. The summed E-state index contributed by atoms with van der Waals surface area (Å²) in [7, 11) is -4.20. The van der Waals surface area contributed by atoms with Gasteiger partial charge in [0, 0.05) is 37.8 Å². The number of piperazine rings is 1. The van der Waals surface area contributed by atoms with Crippen molar-refractivity contribution in [3.05, 3.63) is 65.4 Å². The number of sulfonamides is 1. The third-order valence-corrected chi connectivity index (χ3v) is 6.03. The predicted octanol–water partition coefficient (Wildman–Crippen LogP) is 1.11. The number of ketones is 2. The highest BCUT2D eigenvalue weighted by atomic mass is 32.2. The number of nitrogens with two attached hydrogens (primary N) is 1. The largest absolute Gasteiger partial charge is 0.415 e. The maximum absolute atomic E-state index is 13.0. The number of nitrogens with one attached hydrogen (secondary N) is 2. The van der Waals surface area contributed by atoms with Crippen LogP contribution in [0.4, 0.5) is 10.5 Å². The summed E-state index contributed by atoms with van der Waals surface area (Å²) in [6.45, 7) is 2.35. The van der Waals surface area contributed by atoms with Gasteiger partial charge in [-0.05, 0) is 18.2 Å². The Morgan fingerprint density at radius 1 is 1.06 bits per heavy atom. The molecule has 0 bridgehead atoms. The average molecular weight is 456 g/mol. The van der Waals surface area contributed by atoms with Crippen molar-refractivity contribution in [3.8, 4) is 5.75 Å². The van der Waals surface area contributed by atoms with Gasteiger partial charge in [-0.25, -0.2) is 18.4 Å². The fraction of sp³-hybridized carbons (Fsp3) is 0.190. The third kappa shape index (κ3) is 4.26. The third-order valence-electron chi connectivity index (χ3n) is 5.07. The van der Waals surface area contributed by atoms with Gasteiger partial charge >= 0.3 is 6.09 Å². The molecule has 4 rings (SSSR count). The molecule has 0 radical (unpaired) electrons. The standard InChI is InChI=1S/C21H20N4O6S/c22-32(29,30)18-7-3-4-13-19(18)16(26)12-15(20(13)27)24-14-5-1-2-6-17(14)31-21(28)25-10-8-23-9-11-25/h1-7,12,23-24H,8-11H2,(H2,22,29,30). The minimum absolute atomic E-state index is 0.0817. The van der Waals surface area contributed by atoms with Crippen LogP contribution in [-0.4, -0.2) is 57.2 Å². The van der Waals surface area contributed by atoms with E-state index in [0.29, 0.717) is 31.9 Å². The van der Waals surface area contributed by atoms with Crippen LogP contribution in [0, 0.1) is 0 Å². The number of amides is 1. The second-order valence-electron chi connectivity index (χ2n) is 7.20. The number of primary sulfonamides is 1. The van der Waals surface area contributed by atoms with Crippen molar-refractivity contribution < 1.29 is 27.5 Å². The fourth-order valence-corrected chi connectivity index (χ4v) is 4.29. The first-order valence-electron chi connectivity index (χ1n) is 9.76. The highest BCUT2D eigenvalue weighted by Crippen LogP contribution is 2.31. The molecular weight excluding hydrogens is 436 g/mol. The molecule has 4 N–H and O–H groups in total. The summed E-state index contributed by atoms with van der Waals surface area (Å²) in [5, 5.41) is 11.2. The van der Waals surface area contributed by atoms with E-state index >= 15 is 0 Å². The summed E-state index contributed by atoms with van der Waals surface area (Å²) >= 11 is 0. The SMILES string of the molecule is NS(=O)(=O)c1cccc2c1C(=O)C=C(Nc1ccccc1OC(=O)N1CCNCC1)C2=O. The number of rotatable bonds is 4. The van der Waals surface area contributed by atoms with Crippen LogP contribution in [0.1, 0.15) is 20.7 Å². The van der Waals surface area contributed by atoms with E-state index in [2.05, 4.69) is 10.6 Å². The van der Waals surface area contributed by atoms with Crippen LogP contribution in [0.2, 0.25) is 0 Å². The van der Waals surface area contributed by atoms with E-state index in [0.717, 1.165) is 6.08 Å². The van der Waals surface area contributed by atoms with E-state index in [-0.39, 0.29) is 22.6 Å². The van der Waals surface area contributed by atoms with Crippen LogP contribution in [0.15, 0.2) is 59.1 Å². The minimum atomic E-state index is -4.20. The monoisotopic (exact) mass is 456 g/mol. The van der Waals surface area contributed by atoms with Crippen LogP contribution < -0.4 is 20.5 Å². The van der Waals surface area contributed by atoms with Crippen molar-refractivity contribution in [1.29, 1.82) is 0 Å². The van der Waals surface area contributed by atoms with Crippen LogP contribution in [0.25, 0.3) is 0 Å². The minimum Gasteiger partial charge on any atom is -0.408 e. The van der Waals surface area contributed by atoms with Gasteiger partial charge < -0.3 is 20.3 Å². The maximum atomic E-state index is 13.0. The summed E-state index contributed by atoms with van der Waals surface area (Å²) in [4.78, 5) is 39.3. The van der Waals surface area contributed by atoms with Gasteiger partial charge in [0.15, 0.2) is 11.5 Å². The zero-order chi connectivity index (χ0) is 22.9. The molecule has 0 atom stereocenters. The molecule has 32 heavy (non-hydrogen) atoms. The van der Waals surface area contributed by atoms with Crippen molar-refractivity contribution in [3.63, 3.8) is 0 Å². The van der Waals surface area contributed by atoms with Crippen molar-refractivity contribution >= 4 is 33.4 Å². The number of nitrogens with zero attached hydrogens (tertiary/aromatic N) is 1. The van der Waals surface area contributed by atoms with Crippen LogP contribution >= 0.6 is 0 Å². The van der Waals surface area contributed by atoms with E-state index in [4.69, 9.17) is 9.88 Å². The lowest BCUT2D eigenvalue weighted by Crippen LogP contribution is -2.47. The molecule has 166 valence electrons. The highest BCUT2D eigenvalue weighted by Gasteiger charge is 2.31. The van der Waals surface area contributed by atoms with Crippen molar-refractivity contribution in [2.75, 3.05) is 31.5 Å². The number of ether oxygens (including phenoxy) is 1. The number of allylic oxidation sites excluding steroid dienone is 2. The predicted molar refractivity (Wildman–Crippen MR) is 115 cm³/mol. The first-order chi connectivity index (χ1) is 15.3. The Hall–Kier alpha value is -3.54. The Morgan fingerprint density at radius 3 is 2.50 bits per heavy atom. The molecule has 0 spiro atoms. The summed E-state index contributed by atoms with van der Waals surface area (Å²) < 4.78 is 29.2. The Bertz CT molecular complexity index is 1250. The summed E-state index contributed by atoms with van der Waals surface area (Å²) in [6, 6.07) is 10.4. The molecule has 0 aromatic heterocycles. The molecule has 1 fully saturated rings. The van der Waals surface area contributed by atoms with E-state index in [1.165, 1.54) is 18.2 Å². The fourth-order valence-electron chi connectivity index (χ4n) is 3.53. The lowest BCUT2D eigenvalue weighted by Gasteiger charge is -2.27. The molecule has 1 heterocycles. The molecule has 0 unspecified atom stereocenters. The molecule has 0 saturated carbocycles. The Morgan fingerprint density at radius 2 is 1.78 bits per heavy atom. The van der Waals surface area contributed by atoms with Gasteiger partial charge in [-0.2, -0.15) is 0 Å². The normalized spacial score (nSPS) is 16.3. The molecule has 2 aliphatic rings. The number of para-hydroxylation sites is 2. The van der Waals surface area contributed by atoms with Crippen LogP contribution in [-0.2, 0) is 10.0 Å². The first-order valence-corrected chi connectivity index (χ1v) is 11.3. The quantitative estimate of drug-likeness (QED) is 0.620. The van der Waals surface area contributed by atoms with Gasteiger partial charge in [0.2, 0.25) is 15.8 Å². The highest BCUT2D eigenvalue weighted by molar-refractivity contribution is 7.89. The second kappa shape index (κ2) is 8.54. The molecular formula is C21H20N4O6S. The number of carbonyl (C=O) groups is 3. The zero-order valence-electron chi connectivity index (χ0n) is 16.8. The molecule has 1 amide bonds. The number of fused-ring (bicyclic) bond motifs is 1. The first kappa shape index (κ1) is 21.7. The number of hydrogen-bond acceptors (Lipinski definition) is 8. The number of anilines is 1. The average Bonchev–Trinajstić information content (AvgIpc) is 2.78. The van der Waals surface area contributed by atoms with Gasteiger partial charge in [0.25, 0.3) is 0 Å². The topological polar surface area (TPSA) is 148 Å². The molecule has 2 aromatic rings. The molecule has 11 heteroatoms. The van der Waals surface area contributed by atoms with Gasteiger partial charge in [-0.15, -0.1) is 0 Å². The van der Waals surface area contributed by atoms with Crippen molar-refractivity contribution in [2.24, 2.45) is 5.14 Å². The smallest absolute Gasteiger partial charge is 0.408 e. The summed E-state index contributed by atoms with van der Waals surface area (Å²) in [5.74, 6) is -1.09. The summed E-state index contributed by atoms with van der Waals surface area (Å²) in [5.41, 5.74) is -0.125. The molecule has 1 saturated heterocycles. The lowest BCUT2D eigenvalue weighted by atomic mass is 9.92. The zero-order valence-corrected chi connectivity index (χ0v) is 17.6. The van der Waals surface area contributed by atoms with Gasteiger partial charge in [0.05, 0.1) is 21.8 Å². The number of Topliss-reactive ketones (excluding diaryl/α,β-unsaturated/α-hetero) is 1. The number of carbonyl (C=O) groups excluding carboxylic acids is 3. The van der Waals surface area contributed by atoms with E-state index in [1.54, 1.807) is 29.2 Å². The molecule has 2 aromatic carbocycles. The molecule has 1 aliphatic heterocycles. The van der Waals surface area contributed by atoms with Crippen molar-refractivity contribution in [1.82, 2.24) is 10.2 Å². The van der Waals surface area contributed by atoms with Gasteiger partial charge in [-0.1, -0.05) is 24.3 Å². The lowest BCUT2D eigenvalue weighted by molar-refractivity contribution is 0.0983. The summed E-state index contributed by atoms with van der Waals surface area (Å²) in [6.07, 6.45) is 0.484. The van der Waals surface area contributed by atoms with Crippen molar-refractivity contribution in [2.45, 2.75) is 4.90 Å².